The minimum Gasteiger partial charge on any atom is -0.444 e. The van der Waals surface area contributed by atoms with Crippen LogP contribution in [0.1, 0.15) is 30.3 Å². The fourth-order valence-corrected chi connectivity index (χ4v) is 2.03. The van der Waals surface area contributed by atoms with E-state index >= 15 is 0 Å². The van der Waals surface area contributed by atoms with Gasteiger partial charge < -0.3 is 14.5 Å². The van der Waals surface area contributed by atoms with Gasteiger partial charge in [-0.3, -0.25) is 4.79 Å². The van der Waals surface area contributed by atoms with E-state index in [1.807, 2.05) is 6.92 Å². The smallest absolute Gasteiger partial charge is 0.287 e. The van der Waals surface area contributed by atoms with Crippen LogP contribution in [-0.4, -0.2) is 24.7 Å². The molecule has 0 aromatic carbocycles. The van der Waals surface area contributed by atoms with Crippen LogP contribution < -0.4 is 5.32 Å². The number of hydrogen-bond acceptors (Lipinski definition) is 3. The highest BCUT2D eigenvalue weighted by Crippen LogP contribution is 2.21. The van der Waals surface area contributed by atoms with E-state index < -0.39 is 0 Å². The predicted molar refractivity (Wildman–Crippen MR) is 62.3 cm³/mol. The molecular formula is C11H14BrNO3. The highest BCUT2D eigenvalue weighted by molar-refractivity contribution is 9.10. The molecule has 5 heteroatoms. The lowest BCUT2D eigenvalue weighted by Crippen LogP contribution is -2.49. The molecule has 0 atom stereocenters. The summed E-state index contributed by atoms with van der Waals surface area (Å²) in [6, 6.07) is 3.36. The van der Waals surface area contributed by atoms with Gasteiger partial charge in [0, 0.05) is 18.8 Å². The molecule has 1 saturated heterocycles. The van der Waals surface area contributed by atoms with E-state index in [1.54, 1.807) is 12.1 Å². The first-order chi connectivity index (χ1) is 7.59. The minimum atomic E-state index is -0.186. The first-order valence-corrected chi connectivity index (χ1v) is 6.04. The van der Waals surface area contributed by atoms with Crippen LogP contribution in [0.25, 0.3) is 0 Å². The SMILES string of the molecule is CC1(NC(=O)c2ccc(Br)o2)CCOCC1. The summed E-state index contributed by atoms with van der Waals surface area (Å²) in [5.74, 6) is 0.162. The van der Waals surface area contributed by atoms with Gasteiger partial charge in [0.1, 0.15) is 0 Å². The van der Waals surface area contributed by atoms with Crippen molar-refractivity contribution in [2.24, 2.45) is 0 Å². The third kappa shape index (κ3) is 2.65. The van der Waals surface area contributed by atoms with Crippen molar-refractivity contribution < 1.29 is 13.9 Å². The number of nitrogens with one attached hydrogen (secondary N) is 1. The lowest BCUT2D eigenvalue weighted by Gasteiger charge is -2.34. The summed E-state index contributed by atoms with van der Waals surface area (Å²) in [6.45, 7) is 3.42. The first kappa shape index (κ1) is 11.7. The van der Waals surface area contributed by atoms with Gasteiger partial charge >= 0.3 is 0 Å². The van der Waals surface area contributed by atoms with Crippen molar-refractivity contribution in [3.63, 3.8) is 0 Å². The Morgan fingerprint density at radius 1 is 1.44 bits per heavy atom. The van der Waals surface area contributed by atoms with E-state index in [2.05, 4.69) is 21.2 Å². The molecule has 1 amide bonds. The second-order valence-corrected chi connectivity index (χ2v) is 5.01. The molecule has 1 aromatic rings. The Morgan fingerprint density at radius 3 is 2.69 bits per heavy atom. The van der Waals surface area contributed by atoms with Crippen molar-refractivity contribution >= 4 is 21.8 Å². The van der Waals surface area contributed by atoms with Gasteiger partial charge in [0.15, 0.2) is 10.4 Å². The second kappa shape index (κ2) is 4.59. The van der Waals surface area contributed by atoms with Crippen molar-refractivity contribution in [3.8, 4) is 0 Å². The normalized spacial score (nSPS) is 19.4. The molecule has 0 spiro atoms. The summed E-state index contributed by atoms with van der Waals surface area (Å²) in [5.41, 5.74) is -0.186. The Hall–Kier alpha value is -0.810. The first-order valence-electron chi connectivity index (χ1n) is 5.25. The molecule has 16 heavy (non-hydrogen) atoms. The third-order valence-electron chi connectivity index (χ3n) is 2.81. The zero-order chi connectivity index (χ0) is 11.6. The Bertz CT molecular complexity index is 382. The maximum atomic E-state index is 11.9. The molecule has 2 heterocycles. The molecule has 0 unspecified atom stereocenters. The monoisotopic (exact) mass is 287 g/mol. The minimum absolute atomic E-state index is 0.171. The van der Waals surface area contributed by atoms with Crippen LogP contribution in [0.3, 0.4) is 0 Å². The summed E-state index contributed by atoms with van der Waals surface area (Å²) >= 11 is 3.17. The average molecular weight is 288 g/mol. The van der Waals surface area contributed by atoms with Crippen molar-refractivity contribution in [3.05, 3.63) is 22.6 Å². The summed E-state index contributed by atoms with van der Waals surface area (Å²) in [5, 5.41) is 2.99. The highest BCUT2D eigenvalue weighted by atomic mass is 79.9. The molecule has 1 fully saturated rings. The van der Waals surface area contributed by atoms with E-state index in [4.69, 9.17) is 9.15 Å². The van der Waals surface area contributed by atoms with Crippen molar-refractivity contribution in [2.45, 2.75) is 25.3 Å². The Morgan fingerprint density at radius 2 is 2.12 bits per heavy atom. The Balaban J connectivity index is 2.01. The van der Waals surface area contributed by atoms with Gasteiger partial charge in [0.25, 0.3) is 5.91 Å². The highest BCUT2D eigenvalue weighted by Gasteiger charge is 2.30. The number of carbonyl (C=O) groups excluding carboxylic acids is 1. The van der Waals surface area contributed by atoms with E-state index in [1.165, 1.54) is 0 Å². The molecular weight excluding hydrogens is 274 g/mol. The molecule has 88 valence electrons. The number of carbonyl (C=O) groups is 1. The van der Waals surface area contributed by atoms with Crippen LogP contribution >= 0.6 is 15.9 Å². The lowest BCUT2D eigenvalue weighted by atomic mass is 9.92. The van der Waals surface area contributed by atoms with E-state index in [9.17, 15) is 4.79 Å². The van der Waals surface area contributed by atoms with Crippen LogP contribution in [0.5, 0.6) is 0 Å². The maximum Gasteiger partial charge on any atom is 0.287 e. The lowest BCUT2D eigenvalue weighted by molar-refractivity contribution is 0.0414. The van der Waals surface area contributed by atoms with Gasteiger partial charge in [-0.15, -0.1) is 0 Å². The molecule has 0 bridgehead atoms. The fraction of sp³-hybridized carbons (Fsp3) is 0.545. The Kier molecular flexibility index (Phi) is 3.35. The van der Waals surface area contributed by atoms with Gasteiger partial charge in [-0.1, -0.05) is 0 Å². The van der Waals surface area contributed by atoms with E-state index in [0.717, 1.165) is 12.8 Å². The van der Waals surface area contributed by atoms with Crippen LogP contribution in [-0.2, 0) is 4.74 Å². The topological polar surface area (TPSA) is 51.5 Å². The quantitative estimate of drug-likeness (QED) is 0.908. The van der Waals surface area contributed by atoms with Crippen LogP contribution in [0, 0.1) is 0 Å². The van der Waals surface area contributed by atoms with Gasteiger partial charge in [-0.2, -0.15) is 0 Å². The largest absolute Gasteiger partial charge is 0.444 e. The fourth-order valence-electron chi connectivity index (χ4n) is 1.72. The molecule has 0 saturated carbocycles. The van der Waals surface area contributed by atoms with Crippen LogP contribution in [0.15, 0.2) is 21.2 Å². The summed E-state index contributed by atoms with van der Waals surface area (Å²) < 4.78 is 11.0. The number of halogens is 1. The molecule has 1 aliphatic rings. The zero-order valence-corrected chi connectivity index (χ0v) is 10.7. The van der Waals surface area contributed by atoms with E-state index in [0.29, 0.717) is 23.6 Å². The summed E-state index contributed by atoms with van der Waals surface area (Å²) in [7, 11) is 0. The van der Waals surface area contributed by atoms with Crippen LogP contribution in [0.2, 0.25) is 0 Å². The molecule has 1 aromatic heterocycles. The molecule has 1 aliphatic heterocycles. The van der Waals surface area contributed by atoms with Crippen molar-refractivity contribution in [2.75, 3.05) is 13.2 Å². The van der Waals surface area contributed by atoms with Gasteiger partial charge in [0.2, 0.25) is 0 Å². The number of amides is 1. The standard InChI is InChI=1S/C11H14BrNO3/c1-11(4-6-15-7-5-11)13-10(14)8-2-3-9(12)16-8/h2-3H,4-7H2,1H3,(H,13,14). The van der Waals surface area contributed by atoms with Crippen molar-refractivity contribution in [1.82, 2.24) is 5.32 Å². The van der Waals surface area contributed by atoms with Crippen LogP contribution in [0.4, 0.5) is 0 Å². The van der Waals surface area contributed by atoms with Gasteiger partial charge in [-0.25, -0.2) is 0 Å². The number of rotatable bonds is 2. The Labute approximate surface area is 102 Å². The summed E-state index contributed by atoms with van der Waals surface area (Å²) in [6.07, 6.45) is 1.67. The van der Waals surface area contributed by atoms with E-state index in [-0.39, 0.29) is 11.4 Å². The number of ether oxygens (including phenoxy) is 1. The molecule has 0 radical (unpaired) electrons. The molecule has 2 rings (SSSR count). The summed E-state index contributed by atoms with van der Waals surface area (Å²) in [4.78, 5) is 11.9. The maximum absolute atomic E-state index is 11.9. The third-order valence-corrected chi connectivity index (χ3v) is 3.23. The molecule has 0 aliphatic carbocycles. The average Bonchev–Trinajstić information content (AvgIpc) is 2.65. The molecule has 1 N–H and O–H groups in total. The predicted octanol–water partition coefficient (Wildman–Crippen LogP) is 2.34. The van der Waals surface area contributed by atoms with Crippen molar-refractivity contribution in [1.29, 1.82) is 0 Å². The van der Waals surface area contributed by atoms with Gasteiger partial charge in [0.05, 0.1) is 0 Å². The zero-order valence-electron chi connectivity index (χ0n) is 9.09. The number of hydrogen-bond donors (Lipinski definition) is 1. The second-order valence-electron chi connectivity index (χ2n) is 4.23. The molecule has 4 nitrogen and oxygen atoms in total. The number of furan rings is 1. The van der Waals surface area contributed by atoms with Gasteiger partial charge in [-0.05, 0) is 47.8 Å².